The molecule has 2 aromatic heterocycles. The van der Waals surface area contributed by atoms with Gasteiger partial charge in [0, 0.05) is 30.2 Å². The number of carbonyl (C=O) groups is 1. The van der Waals surface area contributed by atoms with E-state index in [2.05, 4.69) is 15.3 Å². The molecule has 3 aromatic rings. The number of benzene rings is 1. The molecule has 1 N–H and O–H groups in total. The molecule has 4 rings (SSSR count). The van der Waals surface area contributed by atoms with E-state index in [0.29, 0.717) is 6.54 Å². The van der Waals surface area contributed by atoms with Crippen LogP contribution in [0.25, 0.3) is 0 Å². The highest BCUT2D eigenvalue weighted by molar-refractivity contribution is 7.09. The minimum Gasteiger partial charge on any atom is -0.454 e. The number of thiazole rings is 1. The summed E-state index contributed by atoms with van der Waals surface area (Å²) in [6.07, 6.45) is 3.77. The van der Waals surface area contributed by atoms with Crippen molar-refractivity contribution in [2.45, 2.75) is 25.8 Å². The average molecular weight is 381 g/mol. The summed E-state index contributed by atoms with van der Waals surface area (Å²) >= 11 is 1.59. The predicted molar refractivity (Wildman–Crippen MR) is 102 cm³/mol. The molecule has 0 spiro atoms. The minimum atomic E-state index is -0.0470. The van der Waals surface area contributed by atoms with Crippen molar-refractivity contribution >= 4 is 17.2 Å². The third-order valence-corrected chi connectivity index (χ3v) is 5.15. The van der Waals surface area contributed by atoms with E-state index in [1.165, 1.54) is 0 Å². The molecule has 0 bridgehead atoms. The number of fused-ring (bicyclic) bond motifs is 1. The number of aromatic nitrogens is 2. The first-order chi connectivity index (χ1) is 13.3. The zero-order valence-electron chi connectivity index (χ0n) is 14.7. The lowest BCUT2D eigenvalue weighted by atomic mass is 10.2. The second kappa shape index (κ2) is 8.18. The molecule has 0 unspecified atom stereocenters. The lowest BCUT2D eigenvalue weighted by Gasteiger charge is -2.05. The molecule has 138 valence electrons. The molecule has 1 aliphatic rings. The number of hydrogen-bond acceptors (Lipinski definition) is 6. The molecule has 6 nitrogen and oxygen atoms in total. The lowest BCUT2D eigenvalue weighted by Crippen LogP contribution is -2.24. The van der Waals surface area contributed by atoms with Gasteiger partial charge in [0.05, 0.1) is 17.1 Å². The topological polar surface area (TPSA) is 73.3 Å². The van der Waals surface area contributed by atoms with E-state index in [4.69, 9.17) is 9.47 Å². The standard InChI is InChI=1S/C20H19N3O3S/c24-19(22-11-14-4-6-17-18(9-14)26-13-25-17)10-16-12-27-20(23-16)7-5-15-3-1-2-8-21-15/h1-4,6,8-9,12H,5,7,10-11,13H2,(H,22,24). The van der Waals surface area contributed by atoms with E-state index >= 15 is 0 Å². The summed E-state index contributed by atoms with van der Waals surface area (Å²) in [7, 11) is 0. The van der Waals surface area contributed by atoms with Crippen LogP contribution in [0.2, 0.25) is 0 Å². The number of nitrogens with one attached hydrogen (secondary N) is 1. The smallest absolute Gasteiger partial charge is 0.231 e. The van der Waals surface area contributed by atoms with Crippen LogP contribution >= 0.6 is 11.3 Å². The number of rotatable bonds is 7. The van der Waals surface area contributed by atoms with E-state index in [9.17, 15) is 4.79 Å². The Kier molecular flexibility index (Phi) is 5.29. The number of carbonyl (C=O) groups excluding carboxylic acids is 1. The third kappa shape index (κ3) is 4.62. The zero-order valence-corrected chi connectivity index (χ0v) is 15.5. The summed E-state index contributed by atoms with van der Waals surface area (Å²) in [6.45, 7) is 0.698. The molecule has 0 saturated carbocycles. The van der Waals surface area contributed by atoms with Gasteiger partial charge in [0.25, 0.3) is 0 Å². The number of hydrogen-bond donors (Lipinski definition) is 1. The fraction of sp³-hybridized carbons (Fsp3) is 0.250. The molecule has 0 radical (unpaired) electrons. The molecular formula is C20H19N3O3S. The predicted octanol–water partition coefficient (Wildman–Crippen LogP) is 2.91. The van der Waals surface area contributed by atoms with Crippen LogP contribution in [-0.2, 0) is 30.6 Å². The number of pyridine rings is 1. The van der Waals surface area contributed by atoms with Crippen LogP contribution in [0.15, 0.2) is 48.0 Å². The van der Waals surface area contributed by atoms with Crippen molar-refractivity contribution in [2.75, 3.05) is 6.79 Å². The van der Waals surface area contributed by atoms with E-state index < -0.39 is 0 Å². The SMILES string of the molecule is O=C(Cc1csc(CCc2ccccn2)n1)NCc1ccc2c(c1)OCO2. The Morgan fingerprint density at radius 3 is 2.93 bits per heavy atom. The number of nitrogens with zero attached hydrogens (tertiary/aromatic N) is 2. The van der Waals surface area contributed by atoms with Crippen LogP contribution in [0, 0.1) is 0 Å². The van der Waals surface area contributed by atoms with Gasteiger partial charge < -0.3 is 14.8 Å². The first-order valence-corrected chi connectivity index (χ1v) is 9.62. The Labute approximate surface area is 161 Å². The summed E-state index contributed by atoms with van der Waals surface area (Å²) in [5.41, 5.74) is 2.83. The quantitative estimate of drug-likeness (QED) is 0.681. The fourth-order valence-corrected chi connectivity index (χ4v) is 3.60. The molecule has 1 amide bonds. The molecular weight excluding hydrogens is 362 g/mol. The molecule has 0 aliphatic carbocycles. The highest BCUT2D eigenvalue weighted by Crippen LogP contribution is 2.32. The maximum absolute atomic E-state index is 12.2. The van der Waals surface area contributed by atoms with Crippen LogP contribution in [0.5, 0.6) is 11.5 Å². The number of aryl methyl sites for hydroxylation is 2. The van der Waals surface area contributed by atoms with Crippen LogP contribution in [0.4, 0.5) is 0 Å². The molecule has 7 heteroatoms. The fourth-order valence-electron chi connectivity index (χ4n) is 2.80. The van der Waals surface area contributed by atoms with Gasteiger partial charge in [0.2, 0.25) is 12.7 Å². The molecule has 0 fully saturated rings. The molecule has 1 aliphatic heterocycles. The second-order valence-corrected chi connectivity index (χ2v) is 7.14. The molecule has 0 atom stereocenters. The van der Waals surface area contributed by atoms with Crippen LogP contribution in [0.1, 0.15) is 22.0 Å². The highest BCUT2D eigenvalue weighted by Gasteiger charge is 2.14. The van der Waals surface area contributed by atoms with E-state index in [0.717, 1.165) is 46.3 Å². The lowest BCUT2D eigenvalue weighted by molar-refractivity contribution is -0.120. The van der Waals surface area contributed by atoms with E-state index in [-0.39, 0.29) is 19.1 Å². The average Bonchev–Trinajstić information content (AvgIpc) is 3.34. The van der Waals surface area contributed by atoms with Crippen molar-refractivity contribution < 1.29 is 14.3 Å². The minimum absolute atomic E-state index is 0.0470. The van der Waals surface area contributed by atoms with Crippen molar-refractivity contribution in [3.63, 3.8) is 0 Å². The van der Waals surface area contributed by atoms with Crippen molar-refractivity contribution in [3.8, 4) is 11.5 Å². The molecule has 3 heterocycles. The third-order valence-electron chi connectivity index (χ3n) is 4.19. The van der Waals surface area contributed by atoms with Gasteiger partial charge in [-0.25, -0.2) is 4.98 Å². The number of ether oxygens (including phenoxy) is 2. The first-order valence-electron chi connectivity index (χ1n) is 8.75. The van der Waals surface area contributed by atoms with Crippen molar-refractivity contribution in [1.29, 1.82) is 0 Å². The largest absolute Gasteiger partial charge is 0.454 e. The van der Waals surface area contributed by atoms with Crippen LogP contribution in [0.3, 0.4) is 0 Å². The highest BCUT2D eigenvalue weighted by atomic mass is 32.1. The Balaban J connectivity index is 1.25. The van der Waals surface area contributed by atoms with Gasteiger partial charge in [0.1, 0.15) is 0 Å². The first kappa shape index (κ1) is 17.5. The van der Waals surface area contributed by atoms with E-state index in [1.54, 1.807) is 17.5 Å². The summed E-state index contributed by atoms with van der Waals surface area (Å²) < 4.78 is 10.6. The Morgan fingerprint density at radius 2 is 2.04 bits per heavy atom. The maximum atomic E-state index is 12.2. The van der Waals surface area contributed by atoms with Crippen molar-refractivity contribution in [2.24, 2.45) is 0 Å². The summed E-state index contributed by atoms with van der Waals surface area (Å²) in [4.78, 5) is 21.1. The van der Waals surface area contributed by atoms with Crippen molar-refractivity contribution in [1.82, 2.24) is 15.3 Å². The van der Waals surface area contributed by atoms with Gasteiger partial charge in [-0.1, -0.05) is 12.1 Å². The maximum Gasteiger partial charge on any atom is 0.231 e. The van der Waals surface area contributed by atoms with Gasteiger partial charge >= 0.3 is 0 Å². The van der Waals surface area contributed by atoms with Gasteiger partial charge in [-0.3, -0.25) is 9.78 Å². The van der Waals surface area contributed by atoms with Crippen molar-refractivity contribution in [3.05, 3.63) is 69.9 Å². The monoisotopic (exact) mass is 381 g/mol. The zero-order chi connectivity index (χ0) is 18.5. The Hall–Kier alpha value is -2.93. The summed E-state index contributed by atoms with van der Waals surface area (Å²) in [5, 5.41) is 5.90. The number of amides is 1. The van der Waals surface area contributed by atoms with Crippen LogP contribution in [-0.4, -0.2) is 22.7 Å². The Bertz CT molecular complexity index is 927. The molecule has 27 heavy (non-hydrogen) atoms. The molecule has 1 aromatic carbocycles. The molecule has 0 saturated heterocycles. The summed E-state index contributed by atoms with van der Waals surface area (Å²) in [6, 6.07) is 11.6. The Morgan fingerprint density at radius 1 is 1.11 bits per heavy atom. The summed E-state index contributed by atoms with van der Waals surface area (Å²) in [5.74, 6) is 1.42. The second-order valence-electron chi connectivity index (χ2n) is 6.19. The van der Waals surface area contributed by atoms with E-state index in [1.807, 2.05) is 41.8 Å². The van der Waals surface area contributed by atoms with Gasteiger partial charge in [-0.15, -0.1) is 11.3 Å². The normalized spacial score (nSPS) is 12.1. The van der Waals surface area contributed by atoms with Gasteiger partial charge in [0.15, 0.2) is 11.5 Å². The van der Waals surface area contributed by atoms with Gasteiger partial charge in [-0.05, 0) is 36.2 Å². The van der Waals surface area contributed by atoms with Crippen LogP contribution < -0.4 is 14.8 Å². The van der Waals surface area contributed by atoms with Gasteiger partial charge in [-0.2, -0.15) is 0 Å².